The van der Waals surface area contributed by atoms with Crippen LogP contribution in [0.4, 0.5) is 13.2 Å². The molecule has 0 unspecified atom stereocenters. The molecule has 0 radical (unpaired) electrons. The largest absolute Gasteiger partial charge is 0.467 e. The van der Waals surface area contributed by atoms with Crippen LogP contribution in [-0.2, 0) is 22.1 Å². The Balaban J connectivity index is 2.19. The van der Waals surface area contributed by atoms with Crippen LogP contribution in [0.3, 0.4) is 0 Å². The van der Waals surface area contributed by atoms with Crippen molar-refractivity contribution >= 4 is 11.9 Å². The van der Waals surface area contributed by atoms with Gasteiger partial charge >= 0.3 is 12.1 Å². The van der Waals surface area contributed by atoms with Crippen molar-refractivity contribution in [2.24, 2.45) is 0 Å². The van der Waals surface area contributed by atoms with Crippen LogP contribution < -0.4 is 5.32 Å². The number of carbonyl (C=O) groups is 2. The van der Waals surface area contributed by atoms with Crippen LogP contribution in [0, 0.1) is 0 Å². The van der Waals surface area contributed by atoms with E-state index in [1.165, 1.54) is 12.1 Å². The van der Waals surface area contributed by atoms with Crippen molar-refractivity contribution in [3.8, 4) is 0 Å². The van der Waals surface area contributed by atoms with E-state index in [-0.39, 0.29) is 12.0 Å². The van der Waals surface area contributed by atoms with E-state index in [9.17, 15) is 22.8 Å². The van der Waals surface area contributed by atoms with Gasteiger partial charge in [0.1, 0.15) is 6.04 Å². The number of rotatable bonds is 5. The molecule has 0 bridgehead atoms. The molecule has 0 aliphatic carbocycles. The zero-order chi connectivity index (χ0) is 18.4. The zero-order valence-electron chi connectivity index (χ0n) is 13.3. The number of carbonyl (C=O) groups excluding carboxylic acids is 2. The van der Waals surface area contributed by atoms with Gasteiger partial charge in [-0.15, -0.1) is 0 Å². The Morgan fingerprint density at radius 1 is 1.08 bits per heavy atom. The van der Waals surface area contributed by atoms with Crippen molar-refractivity contribution in [3.63, 3.8) is 0 Å². The van der Waals surface area contributed by atoms with Crippen LogP contribution in [0.5, 0.6) is 0 Å². The molecule has 1 N–H and O–H groups in total. The van der Waals surface area contributed by atoms with Gasteiger partial charge in [0.2, 0.25) is 0 Å². The Bertz CT molecular complexity index is 745. The Kier molecular flexibility index (Phi) is 5.80. The minimum Gasteiger partial charge on any atom is -0.467 e. The van der Waals surface area contributed by atoms with Crippen molar-refractivity contribution in [2.75, 3.05) is 7.11 Å². The highest BCUT2D eigenvalue weighted by molar-refractivity contribution is 5.96. The van der Waals surface area contributed by atoms with Crippen molar-refractivity contribution in [1.29, 1.82) is 0 Å². The smallest absolute Gasteiger partial charge is 0.416 e. The summed E-state index contributed by atoms with van der Waals surface area (Å²) in [5, 5.41) is 2.50. The van der Waals surface area contributed by atoms with Crippen LogP contribution in [0.1, 0.15) is 21.5 Å². The number of hydrogen-bond acceptors (Lipinski definition) is 3. The molecule has 7 heteroatoms. The van der Waals surface area contributed by atoms with E-state index in [2.05, 4.69) is 10.1 Å². The zero-order valence-corrected chi connectivity index (χ0v) is 13.3. The molecule has 4 nitrogen and oxygen atoms in total. The van der Waals surface area contributed by atoms with Gasteiger partial charge in [-0.2, -0.15) is 13.2 Å². The van der Waals surface area contributed by atoms with Gasteiger partial charge in [0.15, 0.2) is 0 Å². The first-order chi connectivity index (χ1) is 11.8. The molecule has 2 rings (SSSR count). The molecule has 0 fully saturated rings. The third kappa shape index (κ3) is 5.07. The predicted octanol–water partition coefficient (Wildman–Crippen LogP) is 3.22. The van der Waals surface area contributed by atoms with Gasteiger partial charge in [0.05, 0.1) is 12.7 Å². The second-order valence-corrected chi connectivity index (χ2v) is 5.32. The summed E-state index contributed by atoms with van der Waals surface area (Å²) in [6, 6.07) is 11.7. The van der Waals surface area contributed by atoms with Gasteiger partial charge in [-0.1, -0.05) is 36.4 Å². The van der Waals surface area contributed by atoms with Gasteiger partial charge in [0, 0.05) is 12.0 Å². The fourth-order valence-corrected chi connectivity index (χ4v) is 2.28. The van der Waals surface area contributed by atoms with E-state index in [1.807, 2.05) is 0 Å². The number of amides is 1. The molecular weight excluding hydrogens is 335 g/mol. The van der Waals surface area contributed by atoms with Crippen molar-refractivity contribution in [1.82, 2.24) is 5.32 Å². The minimum absolute atomic E-state index is 0.116. The van der Waals surface area contributed by atoms with E-state index in [4.69, 9.17) is 0 Å². The number of alkyl halides is 3. The highest BCUT2D eigenvalue weighted by atomic mass is 19.4. The first-order valence-corrected chi connectivity index (χ1v) is 7.41. The monoisotopic (exact) mass is 351 g/mol. The predicted molar refractivity (Wildman–Crippen MR) is 84.9 cm³/mol. The molecule has 0 saturated carbocycles. The first-order valence-electron chi connectivity index (χ1n) is 7.41. The number of halogens is 3. The number of ether oxygens (including phenoxy) is 1. The number of benzene rings is 2. The summed E-state index contributed by atoms with van der Waals surface area (Å²) in [5.41, 5.74) is -0.220. The summed E-state index contributed by atoms with van der Waals surface area (Å²) in [6.07, 6.45) is -4.60. The summed E-state index contributed by atoms with van der Waals surface area (Å²) in [7, 11) is 1.15. The molecular formula is C18H16F3NO3. The van der Waals surface area contributed by atoms with Crippen LogP contribution in [0.15, 0.2) is 54.6 Å². The number of esters is 1. The molecule has 0 aliphatic rings. The number of hydrogen-bond donors (Lipinski definition) is 1. The molecule has 132 valence electrons. The SMILES string of the molecule is COC(=O)[C@@H](Cc1cccc(C(F)(F)F)c1)NC(=O)c1ccccc1. The van der Waals surface area contributed by atoms with Crippen LogP contribution in [-0.4, -0.2) is 25.0 Å². The Morgan fingerprint density at radius 2 is 1.76 bits per heavy atom. The lowest BCUT2D eigenvalue weighted by molar-refractivity contribution is -0.142. The van der Waals surface area contributed by atoms with Gasteiger partial charge < -0.3 is 10.1 Å². The quantitative estimate of drug-likeness (QED) is 0.842. The molecule has 0 aromatic heterocycles. The van der Waals surface area contributed by atoms with Gasteiger partial charge in [-0.3, -0.25) is 4.79 Å². The minimum atomic E-state index is -4.48. The van der Waals surface area contributed by atoms with Crippen LogP contribution >= 0.6 is 0 Å². The molecule has 2 aromatic rings. The molecule has 1 atom stereocenters. The summed E-state index contributed by atoms with van der Waals surface area (Å²) < 4.78 is 43.0. The second kappa shape index (κ2) is 7.83. The lowest BCUT2D eigenvalue weighted by Gasteiger charge is -2.17. The van der Waals surface area contributed by atoms with E-state index in [0.717, 1.165) is 19.2 Å². The molecule has 25 heavy (non-hydrogen) atoms. The molecule has 0 saturated heterocycles. The Hall–Kier alpha value is -2.83. The first kappa shape index (κ1) is 18.5. The summed E-state index contributed by atoms with van der Waals surface area (Å²) in [4.78, 5) is 24.1. The summed E-state index contributed by atoms with van der Waals surface area (Å²) in [5.74, 6) is -1.25. The van der Waals surface area contributed by atoms with E-state index >= 15 is 0 Å². The topological polar surface area (TPSA) is 55.4 Å². The fraction of sp³-hybridized carbons (Fsp3) is 0.222. The molecule has 2 aromatic carbocycles. The average molecular weight is 351 g/mol. The lowest BCUT2D eigenvalue weighted by atomic mass is 10.0. The molecule has 0 heterocycles. The Morgan fingerprint density at radius 3 is 2.36 bits per heavy atom. The maximum Gasteiger partial charge on any atom is 0.416 e. The third-order valence-corrected chi connectivity index (χ3v) is 3.52. The van der Waals surface area contributed by atoms with Gasteiger partial charge in [-0.05, 0) is 23.8 Å². The molecule has 1 amide bonds. The van der Waals surface area contributed by atoms with Gasteiger partial charge in [0.25, 0.3) is 5.91 Å². The number of nitrogens with one attached hydrogen (secondary N) is 1. The second-order valence-electron chi connectivity index (χ2n) is 5.32. The standard InChI is InChI=1S/C18H16F3NO3/c1-25-17(24)15(22-16(23)13-7-3-2-4-8-13)11-12-6-5-9-14(10-12)18(19,20)21/h2-10,15H,11H2,1H3,(H,22,23)/t15-/m1/s1. The van der Waals surface area contributed by atoms with E-state index in [1.54, 1.807) is 30.3 Å². The van der Waals surface area contributed by atoms with Crippen molar-refractivity contribution in [2.45, 2.75) is 18.6 Å². The highest BCUT2D eigenvalue weighted by Crippen LogP contribution is 2.29. The maximum atomic E-state index is 12.8. The third-order valence-electron chi connectivity index (χ3n) is 3.52. The average Bonchev–Trinajstić information content (AvgIpc) is 2.60. The van der Waals surface area contributed by atoms with Crippen molar-refractivity contribution in [3.05, 3.63) is 71.3 Å². The van der Waals surface area contributed by atoms with Crippen LogP contribution in [0.25, 0.3) is 0 Å². The van der Waals surface area contributed by atoms with Crippen molar-refractivity contribution < 1.29 is 27.5 Å². The maximum absolute atomic E-state index is 12.8. The highest BCUT2D eigenvalue weighted by Gasteiger charge is 2.31. The van der Waals surface area contributed by atoms with E-state index < -0.39 is 29.7 Å². The molecule has 0 spiro atoms. The lowest BCUT2D eigenvalue weighted by Crippen LogP contribution is -2.43. The summed E-state index contributed by atoms with van der Waals surface area (Å²) in [6.45, 7) is 0. The van der Waals surface area contributed by atoms with E-state index in [0.29, 0.717) is 5.56 Å². The Labute approximate surface area is 142 Å². The normalized spacial score (nSPS) is 12.3. The van der Waals surface area contributed by atoms with Gasteiger partial charge in [-0.25, -0.2) is 4.79 Å². The number of methoxy groups -OCH3 is 1. The van der Waals surface area contributed by atoms with Crippen LogP contribution in [0.2, 0.25) is 0 Å². The summed E-state index contributed by atoms with van der Waals surface area (Å²) >= 11 is 0. The fourth-order valence-electron chi connectivity index (χ4n) is 2.28. The molecule has 0 aliphatic heterocycles.